The molecule has 0 spiro atoms. The van der Waals surface area contributed by atoms with Crippen molar-refractivity contribution in [1.82, 2.24) is 15.2 Å². The molecule has 7 nitrogen and oxygen atoms in total. The van der Waals surface area contributed by atoms with Crippen LogP contribution >= 0.6 is 0 Å². The average molecular weight is 557 g/mol. The first-order valence-electron chi connectivity index (χ1n) is 13.4. The van der Waals surface area contributed by atoms with E-state index in [-0.39, 0.29) is 11.7 Å². The summed E-state index contributed by atoms with van der Waals surface area (Å²) in [5, 5.41) is 1.90. The first-order valence-corrected chi connectivity index (χ1v) is 13.4. The topological polar surface area (TPSA) is 66.9 Å². The lowest BCUT2D eigenvalue weighted by molar-refractivity contribution is -0.123. The number of anilines is 1. The van der Waals surface area contributed by atoms with Crippen molar-refractivity contribution >= 4 is 11.6 Å². The molecular weight excluding hydrogens is 521 g/mol. The van der Waals surface area contributed by atoms with Crippen molar-refractivity contribution in [2.45, 2.75) is 39.6 Å². The van der Waals surface area contributed by atoms with Gasteiger partial charge in [0.05, 0.1) is 18.9 Å². The van der Waals surface area contributed by atoms with Crippen LogP contribution in [-0.2, 0) is 6.54 Å². The van der Waals surface area contributed by atoms with Crippen molar-refractivity contribution in [2.75, 3.05) is 44.2 Å². The molecule has 1 amide bonds. The lowest BCUT2D eigenvalue weighted by Gasteiger charge is -2.36. The van der Waals surface area contributed by atoms with Gasteiger partial charge in [-0.3, -0.25) is 14.7 Å². The molecular formula is C30H35F3N4O3. The Hall–Kier alpha value is -3.79. The Kier molecular flexibility index (Phi) is 9.52. The molecule has 0 bridgehead atoms. The van der Waals surface area contributed by atoms with Crippen molar-refractivity contribution in [2.24, 2.45) is 0 Å². The Morgan fingerprint density at radius 2 is 1.68 bits per heavy atom. The summed E-state index contributed by atoms with van der Waals surface area (Å²) in [5.41, 5.74) is 4.25. The van der Waals surface area contributed by atoms with Crippen LogP contribution in [0.5, 0.6) is 11.5 Å². The Balaban J connectivity index is 1.39. The molecule has 1 aliphatic heterocycles. The molecule has 0 radical (unpaired) electrons. The number of nitrogens with one attached hydrogen (secondary N) is 1. The molecule has 40 heavy (non-hydrogen) atoms. The zero-order valence-corrected chi connectivity index (χ0v) is 23.0. The van der Waals surface area contributed by atoms with Gasteiger partial charge in [0.2, 0.25) is 0 Å². The maximum Gasteiger partial charge on any atom is 0.405 e. The fraction of sp³-hybridized carbons (Fsp3) is 0.400. The molecule has 1 N–H and O–H groups in total. The monoisotopic (exact) mass is 556 g/mol. The number of hydrogen-bond donors (Lipinski definition) is 1. The Labute approximate surface area is 232 Å². The lowest BCUT2D eigenvalue weighted by Crippen LogP contribution is -2.46. The zero-order chi connectivity index (χ0) is 28.7. The van der Waals surface area contributed by atoms with Crippen LogP contribution in [0, 0.1) is 0 Å². The number of aromatic nitrogens is 1. The van der Waals surface area contributed by atoms with E-state index in [1.165, 1.54) is 0 Å². The first-order chi connectivity index (χ1) is 19.1. The second-order valence-electron chi connectivity index (χ2n) is 9.98. The van der Waals surface area contributed by atoms with E-state index in [0.29, 0.717) is 6.61 Å². The van der Waals surface area contributed by atoms with Crippen LogP contribution in [0.25, 0.3) is 11.1 Å². The summed E-state index contributed by atoms with van der Waals surface area (Å²) in [7, 11) is 0. The number of ether oxygens (including phenoxy) is 2. The van der Waals surface area contributed by atoms with Crippen LogP contribution in [0.2, 0.25) is 0 Å². The van der Waals surface area contributed by atoms with Gasteiger partial charge in [0.25, 0.3) is 5.91 Å². The summed E-state index contributed by atoms with van der Waals surface area (Å²) >= 11 is 0. The van der Waals surface area contributed by atoms with Crippen LogP contribution < -0.4 is 19.7 Å². The van der Waals surface area contributed by atoms with E-state index in [2.05, 4.69) is 26.9 Å². The maximum atomic E-state index is 12.4. The van der Waals surface area contributed by atoms with Gasteiger partial charge in [-0.1, -0.05) is 0 Å². The van der Waals surface area contributed by atoms with Crippen molar-refractivity contribution in [3.05, 3.63) is 72.1 Å². The summed E-state index contributed by atoms with van der Waals surface area (Å²) < 4.78 is 48.8. The number of nitrogens with zero attached hydrogens (tertiary/aromatic N) is 3. The third-order valence-corrected chi connectivity index (χ3v) is 6.42. The van der Waals surface area contributed by atoms with E-state index >= 15 is 0 Å². The Bertz CT molecular complexity index is 1270. The van der Waals surface area contributed by atoms with Crippen LogP contribution in [-0.4, -0.2) is 67.4 Å². The third-order valence-electron chi connectivity index (χ3n) is 6.42. The molecule has 0 unspecified atom stereocenters. The average Bonchev–Trinajstić information content (AvgIpc) is 2.92. The quantitative estimate of drug-likeness (QED) is 0.353. The number of benzene rings is 2. The Morgan fingerprint density at radius 1 is 0.975 bits per heavy atom. The highest BCUT2D eigenvalue weighted by Crippen LogP contribution is 2.29. The van der Waals surface area contributed by atoms with Crippen LogP contribution in [0.15, 0.2) is 60.9 Å². The van der Waals surface area contributed by atoms with Crippen molar-refractivity contribution in [3.8, 4) is 22.6 Å². The van der Waals surface area contributed by atoms with Gasteiger partial charge < -0.3 is 19.7 Å². The number of piperazine rings is 1. The van der Waals surface area contributed by atoms with Crippen LogP contribution in [0.4, 0.5) is 18.9 Å². The second kappa shape index (κ2) is 13.0. The molecule has 2 heterocycles. The predicted molar refractivity (Wildman–Crippen MR) is 149 cm³/mol. The van der Waals surface area contributed by atoms with E-state index in [0.717, 1.165) is 66.6 Å². The molecule has 1 saturated heterocycles. The van der Waals surface area contributed by atoms with E-state index in [1.54, 1.807) is 30.5 Å². The summed E-state index contributed by atoms with van der Waals surface area (Å²) in [5.74, 6) is 0.794. The maximum absolute atomic E-state index is 12.4. The van der Waals surface area contributed by atoms with Crippen molar-refractivity contribution in [1.29, 1.82) is 0 Å². The van der Waals surface area contributed by atoms with E-state index in [1.807, 2.05) is 44.4 Å². The second-order valence-corrected chi connectivity index (χ2v) is 9.98. The molecule has 2 aromatic carbocycles. The van der Waals surface area contributed by atoms with Gasteiger partial charge in [-0.15, -0.1) is 0 Å². The molecule has 0 atom stereocenters. The Morgan fingerprint density at radius 3 is 2.33 bits per heavy atom. The first kappa shape index (κ1) is 29.2. The number of carbonyl (C=O) groups excluding carboxylic acids is 1. The number of pyridine rings is 1. The molecule has 1 aliphatic rings. The van der Waals surface area contributed by atoms with Gasteiger partial charge >= 0.3 is 6.18 Å². The normalized spacial score (nSPS) is 14.3. The smallest absolute Gasteiger partial charge is 0.405 e. The molecule has 10 heteroatoms. The van der Waals surface area contributed by atoms with Crippen molar-refractivity contribution in [3.63, 3.8) is 0 Å². The van der Waals surface area contributed by atoms with Crippen molar-refractivity contribution < 1.29 is 27.4 Å². The minimum Gasteiger partial charge on any atom is -0.492 e. The van der Waals surface area contributed by atoms with E-state index < -0.39 is 18.6 Å². The lowest BCUT2D eigenvalue weighted by atomic mass is 10.0. The number of carbonyl (C=O) groups is 1. The molecule has 0 aliphatic carbocycles. The molecule has 214 valence electrons. The number of alkyl halides is 3. The van der Waals surface area contributed by atoms with Crippen LogP contribution in [0.3, 0.4) is 0 Å². The van der Waals surface area contributed by atoms with Gasteiger partial charge in [0.1, 0.15) is 18.0 Å². The largest absolute Gasteiger partial charge is 0.492 e. The highest BCUT2D eigenvalue weighted by Gasteiger charge is 2.28. The van der Waals surface area contributed by atoms with Gasteiger partial charge in [0, 0.05) is 55.7 Å². The summed E-state index contributed by atoms with van der Waals surface area (Å²) in [4.78, 5) is 20.9. The van der Waals surface area contributed by atoms with Crippen LogP contribution in [0.1, 0.15) is 36.7 Å². The molecule has 1 aromatic heterocycles. The summed E-state index contributed by atoms with van der Waals surface area (Å²) in [6, 6.07) is 14.9. The van der Waals surface area contributed by atoms with Gasteiger partial charge in [-0.05, 0) is 80.4 Å². The third kappa shape index (κ3) is 8.35. The van der Waals surface area contributed by atoms with Gasteiger partial charge in [-0.2, -0.15) is 13.2 Å². The predicted octanol–water partition coefficient (Wildman–Crippen LogP) is 5.55. The standard InChI is InChI=1S/C30H35F3N4O3/c1-4-39-28-16-25(17-34-18-28)24-13-22(14-27(15-24)40-21(2)3)19-36-9-11-37(12-10-36)26-7-5-23(6-8-26)29(38)35-20-30(31,32)33/h5-8,13-18,21H,4,9-12,19-20H2,1-3H3,(H,35,38). The molecule has 1 fully saturated rings. The number of amides is 1. The number of hydrogen-bond acceptors (Lipinski definition) is 6. The highest BCUT2D eigenvalue weighted by molar-refractivity contribution is 5.94. The highest BCUT2D eigenvalue weighted by atomic mass is 19.4. The van der Waals surface area contributed by atoms with E-state index in [9.17, 15) is 18.0 Å². The molecule has 3 aromatic rings. The number of halogens is 3. The zero-order valence-electron chi connectivity index (χ0n) is 23.0. The SMILES string of the molecule is CCOc1cncc(-c2cc(CN3CCN(c4ccc(C(=O)NCC(F)(F)F)cc4)CC3)cc(OC(C)C)c2)c1. The summed E-state index contributed by atoms with van der Waals surface area (Å²) in [6.45, 7) is 9.17. The van der Waals surface area contributed by atoms with Gasteiger partial charge in [0.15, 0.2) is 0 Å². The minimum absolute atomic E-state index is 0.0432. The summed E-state index contributed by atoms with van der Waals surface area (Å²) in [6.07, 6.45) is -0.865. The fourth-order valence-corrected chi connectivity index (χ4v) is 4.61. The number of rotatable bonds is 10. The minimum atomic E-state index is -4.44. The molecule has 4 rings (SSSR count). The van der Waals surface area contributed by atoms with E-state index in [4.69, 9.17) is 9.47 Å². The van der Waals surface area contributed by atoms with Gasteiger partial charge in [-0.25, -0.2) is 0 Å². The molecule has 0 saturated carbocycles. The fourth-order valence-electron chi connectivity index (χ4n) is 4.61.